The molecule has 0 aliphatic heterocycles. The fraction of sp³-hybridized carbons (Fsp3) is 0.143. The van der Waals surface area contributed by atoms with Crippen LogP contribution >= 0.6 is 0 Å². The normalized spacial score (nSPS) is 9.89. The predicted molar refractivity (Wildman–Crippen MR) is 72.8 cm³/mol. The maximum atomic E-state index is 11.2. The van der Waals surface area contributed by atoms with E-state index in [4.69, 9.17) is 16.9 Å². The SMILES string of the molecule is C#CCn1nc(-c2cccc(OC)c2)c(C=O)c1N. The van der Waals surface area contributed by atoms with E-state index in [9.17, 15) is 4.79 Å². The zero-order chi connectivity index (χ0) is 13.8. The molecule has 0 amide bonds. The van der Waals surface area contributed by atoms with E-state index >= 15 is 0 Å². The molecule has 0 saturated carbocycles. The second-order valence-electron chi connectivity index (χ2n) is 3.86. The molecule has 0 aliphatic carbocycles. The summed E-state index contributed by atoms with van der Waals surface area (Å²) in [7, 11) is 1.57. The standard InChI is InChI=1S/C14H13N3O2/c1-3-7-17-14(15)12(9-18)13(16-17)10-5-4-6-11(8-10)19-2/h1,4-6,8-9H,7,15H2,2H3. The minimum Gasteiger partial charge on any atom is -0.497 e. The lowest BCUT2D eigenvalue weighted by atomic mass is 10.1. The van der Waals surface area contributed by atoms with Gasteiger partial charge in [-0.05, 0) is 12.1 Å². The number of hydrogen-bond donors (Lipinski definition) is 1. The Morgan fingerprint density at radius 2 is 2.37 bits per heavy atom. The molecule has 0 atom stereocenters. The second-order valence-corrected chi connectivity index (χ2v) is 3.86. The summed E-state index contributed by atoms with van der Waals surface area (Å²) in [6, 6.07) is 7.25. The molecule has 0 spiro atoms. The van der Waals surface area contributed by atoms with E-state index in [0.717, 1.165) is 5.56 Å². The predicted octanol–water partition coefficient (Wildman–Crippen LogP) is 1.59. The summed E-state index contributed by atoms with van der Waals surface area (Å²) in [6.07, 6.45) is 5.92. The zero-order valence-electron chi connectivity index (χ0n) is 10.5. The van der Waals surface area contributed by atoms with Crippen LogP contribution in [0.25, 0.3) is 11.3 Å². The van der Waals surface area contributed by atoms with E-state index in [1.165, 1.54) is 4.68 Å². The van der Waals surface area contributed by atoms with Gasteiger partial charge in [0.25, 0.3) is 0 Å². The third-order valence-corrected chi connectivity index (χ3v) is 2.73. The average molecular weight is 255 g/mol. The van der Waals surface area contributed by atoms with Gasteiger partial charge in [-0.15, -0.1) is 6.42 Å². The third kappa shape index (κ3) is 2.29. The largest absolute Gasteiger partial charge is 0.497 e. The number of hydrogen-bond acceptors (Lipinski definition) is 4. The molecule has 2 rings (SSSR count). The summed E-state index contributed by atoms with van der Waals surface area (Å²) >= 11 is 0. The van der Waals surface area contributed by atoms with Gasteiger partial charge in [-0.2, -0.15) is 5.10 Å². The van der Waals surface area contributed by atoms with Crippen LogP contribution in [0.5, 0.6) is 5.75 Å². The first-order valence-corrected chi connectivity index (χ1v) is 5.60. The first kappa shape index (κ1) is 12.7. The van der Waals surface area contributed by atoms with E-state index in [1.54, 1.807) is 13.2 Å². The summed E-state index contributed by atoms with van der Waals surface area (Å²) in [5.74, 6) is 3.39. The number of ether oxygens (including phenoxy) is 1. The van der Waals surface area contributed by atoms with E-state index in [0.29, 0.717) is 23.3 Å². The highest BCUT2D eigenvalue weighted by Gasteiger charge is 2.16. The van der Waals surface area contributed by atoms with Crippen LogP contribution in [0.4, 0.5) is 5.82 Å². The van der Waals surface area contributed by atoms with E-state index in [1.807, 2.05) is 18.2 Å². The molecule has 5 heteroatoms. The number of terminal acetylenes is 1. The first-order chi connectivity index (χ1) is 9.21. The molecule has 0 aliphatic rings. The zero-order valence-corrected chi connectivity index (χ0v) is 10.5. The van der Waals surface area contributed by atoms with Crippen LogP contribution in [-0.4, -0.2) is 23.2 Å². The Morgan fingerprint density at radius 3 is 3.00 bits per heavy atom. The minimum absolute atomic E-state index is 0.219. The number of aldehydes is 1. The molecule has 0 saturated heterocycles. The van der Waals surface area contributed by atoms with Crippen molar-refractivity contribution in [3.63, 3.8) is 0 Å². The summed E-state index contributed by atoms with van der Waals surface area (Å²) in [5, 5.41) is 4.28. The number of aromatic nitrogens is 2. The average Bonchev–Trinajstić information content (AvgIpc) is 2.76. The summed E-state index contributed by atoms with van der Waals surface area (Å²) in [6.45, 7) is 0.219. The number of benzene rings is 1. The Kier molecular flexibility index (Phi) is 3.53. The number of methoxy groups -OCH3 is 1. The van der Waals surface area contributed by atoms with Gasteiger partial charge in [0.15, 0.2) is 6.29 Å². The van der Waals surface area contributed by atoms with Crippen molar-refractivity contribution in [3.05, 3.63) is 29.8 Å². The van der Waals surface area contributed by atoms with Crippen molar-refractivity contribution >= 4 is 12.1 Å². The van der Waals surface area contributed by atoms with Crippen molar-refractivity contribution in [2.45, 2.75) is 6.54 Å². The second kappa shape index (κ2) is 5.27. The van der Waals surface area contributed by atoms with Crippen LogP contribution in [0.2, 0.25) is 0 Å². The Bertz CT molecular complexity index is 653. The summed E-state index contributed by atoms with van der Waals surface area (Å²) < 4.78 is 6.58. The maximum absolute atomic E-state index is 11.2. The monoisotopic (exact) mass is 255 g/mol. The Labute approximate surface area is 111 Å². The van der Waals surface area contributed by atoms with Gasteiger partial charge < -0.3 is 10.5 Å². The number of carbonyl (C=O) groups is 1. The summed E-state index contributed by atoms with van der Waals surface area (Å²) in [5.41, 5.74) is 7.44. The topological polar surface area (TPSA) is 70.1 Å². The highest BCUT2D eigenvalue weighted by molar-refractivity contribution is 5.91. The Hall–Kier alpha value is -2.74. The molecular formula is C14H13N3O2. The smallest absolute Gasteiger partial charge is 0.156 e. The molecule has 2 N–H and O–H groups in total. The van der Waals surface area contributed by atoms with Gasteiger partial charge in [-0.3, -0.25) is 4.79 Å². The van der Waals surface area contributed by atoms with Gasteiger partial charge >= 0.3 is 0 Å². The van der Waals surface area contributed by atoms with Gasteiger partial charge in [0.1, 0.15) is 23.8 Å². The molecule has 0 fully saturated rings. The molecule has 5 nitrogen and oxygen atoms in total. The van der Waals surface area contributed by atoms with Crippen molar-refractivity contribution < 1.29 is 9.53 Å². The molecule has 1 heterocycles. The molecule has 1 aromatic heterocycles. The molecule has 1 aromatic carbocycles. The van der Waals surface area contributed by atoms with Crippen LogP contribution in [0.15, 0.2) is 24.3 Å². The number of rotatable bonds is 4. The van der Waals surface area contributed by atoms with Crippen molar-refractivity contribution in [2.75, 3.05) is 12.8 Å². The number of nitrogens with zero attached hydrogens (tertiary/aromatic N) is 2. The molecule has 19 heavy (non-hydrogen) atoms. The lowest BCUT2D eigenvalue weighted by Crippen LogP contribution is -2.03. The first-order valence-electron chi connectivity index (χ1n) is 5.60. The lowest BCUT2D eigenvalue weighted by Gasteiger charge is -2.02. The minimum atomic E-state index is 0.219. The maximum Gasteiger partial charge on any atom is 0.156 e. The highest BCUT2D eigenvalue weighted by Crippen LogP contribution is 2.28. The number of carbonyl (C=O) groups excluding carboxylic acids is 1. The Morgan fingerprint density at radius 1 is 1.58 bits per heavy atom. The van der Waals surface area contributed by atoms with Crippen LogP contribution in [-0.2, 0) is 6.54 Å². The molecule has 2 aromatic rings. The van der Waals surface area contributed by atoms with Crippen molar-refractivity contribution in [3.8, 4) is 29.4 Å². The van der Waals surface area contributed by atoms with Gasteiger partial charge in [0, 0.05) is 5.56 Å². The lowest BCUT2D eigenvalue weighted by molar-refractivity contribution is 0.112. The van der Waals surface area contributed by atoms with Gasteiger partial charge in [0.05, 0.1) is 12.7 Å². The molecule has 96 valence electrons. The number of anilines is 1. The van der Waals surface area contributed by atoms with E-state index < -0.39 is 0 Å². The fourth-order valence-electron chi connectivity index (χ4n) is 1.80. The van der Waals surface area contributed by atoms with Crippen LogP contribution in [0, 0.1) is 12.3 Å². The fourth-order valence-corrected chi connectivity index (χ4v) is 1.80. The molecule has 0 radical (unpaired) electrons. The Balaban J connectivity index is 2.58. The van der Waals surface area contributed by atoms with Crippen molar-refractivity contribution in [1.29, 1.82) is 0 Å². The van der Waals surface area contributed by atoms with Crippen LogP contribution < -0.4 is 10.5 Å². The van der Waals surface area contributed by atoms with Gasteiger partial charge in [-0.1, -0.05) is 18.1 Å². The third-order valence-electron chi connectivity index (χ3n) is 2.73. The van der Waals surface area contributed by atoms with E-state index in [-0.39, 0.29) is 12.4 Å². The van der Waals surface area contributed by atoms with Crippen molar-refractivity contribution in [2.24, 2.45) is 0 Å². The quantitative estimate of drug-likeness (QED) is 0.665. The van der Waals surface area contributed by atoms with Crippen LogP contribution in [0.3, 0.4) is 0 Å². The highest BCUT2D eigenvalue weighted by atomic mass is 16.5. The molecule has 0 unspecified atom stereocenters. The van der Waals surface area contributed by atoms with E-state index in [2.05, 4.69) is 11.0 Å². The molecule has 0 bridgehead atoms. The number of nitrogen functional groups attached to an aromatic ring is 1. The molecular weight excluding hydrogens is 242 g/mol. The van der Waals surface area contributed by atoms with Crippen LogP contribution in [0.1, 0.15) is 10.4 Å². The van der Waals surface area contributed by atoms with Crippen molar-refractivity contribution in [1.82, 2.24) is 9.78 Å². The van der Waals surface area contributed by atoms with Gasteiger partial charge in [-0.25, -0.2) is 4.68 Å². The summed E-state index contributed by atoms with van der Waals surface area (Å²) in [4.78, 5) is 11.2. The van der Waals surface area contributed by atoms with Gasteiger partial charge in [0.2, 0.25) is 0 Å². The number of nitrogens with two attached hydrogens (primary N) is 1.